The van der Waals surface area contributed by atoms with Crippen LogP contribution in [-0.4, -0.2) is 45.2 Å². The average Bonchev–Trinajstić information content (AvgIpc) is 3.05. The third kappa shape index (κ3) is 3.22. The Balaban J connectivity index is 1.58. The normalized spacial score (nSPS) is 29.1. The second-order valence-corrected chi connectivity index (χ2v) is 7.94. The van der Waals surface area contributed by atoms with E-state index in [1.807, 2.05) is 0 Å². The molecule has 2 aliphatic rings. The van der Waals surface area contributed by atoms with Gasteiger partial charge in [0.15, 0.2) is 0 Å². The number of aromatic carboxylic acids is 1. The fourth-order valence-corrected chi connectivity index (χ4v) is 4.61. The third-order valence-electron chi connectivity index (χ3n) is 6.03. The van der Waals surface area contributed by atoms with Crippen molar-refractivity contribution < 1.29 is 23.1 Å². The Bertz CT molecular complexity index is 932. The van der Waals surface area contributed by atoms with E-state index in [0.717, 1.165) is 6.07 Å². The molecule has 154 valence electrons. The summed E-state index contributed by atoms with van der Waals surface area (Å²) in [5.41, 5.74) is 10.9. The summed E-state index contributed by atoms with van der Waals surface area (Å²) in [7, 11) is 0. The van der Waals surface area contributed by atoms with Gasteiger partial charge in [-0.2, -0.15) is 13.2 Å². The van der Waals surface area contributed by atoms with Crippen molar-refractivity contribution in [2.75, 3.05) is 18.0 Å². The van der Waals surface area contributed by atoms with Crippen LogP contribution in [0.1, 0.15) is 40.2 Å². The first-order chi connectivity index (χ1) is 13.5. The number of anilines is 1. The predicted octanol–water partition coefficient (Wildman–Crippen LogP) is 1.99. The zero-order chi connectivity index (χ0) is 21.0. The van der Waals surface area contributed by atoms with E-state index < -0.39 is 34.7 Å². The van der Waals surface area contributed by atoms with Crippen molar-refractivity contribution in [3.63, 3.8) is 0 Å². The van der Waals surface area contributed by atoms with Gasteiger partial charge in [-0.25, -0.2) is 14.8 Å². The van der Waals surface area contributed by atoms with E-state index >= 15 is 0 Å². The van der Waals surface area contributed by atoms with E-state index in [9.17, 15) is 18.0 Å². The van der Waals surface area contributed by atoms with Gasteiger partial charge in [0.1, 0.15) is 0 Å². The van der Waals surface area contributed by atoms with Crippen molar-refractivity contribution in [3.8, 4) is 0 Å². The molecule has 1 saturated heterocycles. The van der Waals surface area contributed by atoms with Crippen LogP contribution in [-0.2, 0) is 6.18 Å². The van der Waals surface area contributed by atoms with Crippen LogP contribution in [0.4, 0.5) is 19.1 Å². The molecule has 1 aromatic heterocycles. The second kappa shape index (κ2) is 6.39. The van der Waals surface area contributed by atoms with Gasteiger partial charge in [0.2, 0.25) is 5.95 Å². The van der Waals surface area contributed by atoms with Crippen molar-refractivity contribution in [3.05, 3.63) is 53.3 Å². The van der Waals surface area contributed by atoms with E-state index in [1.165, 1.54) is 24.5 Å². The molecule has 2 aromatic rings. The molecule has 4 rings (SSSR count). The highest BCUT2D eigenvalue weighted by atomic mass is 19.4. The van der Waals surface area contributed by atoms with E-state index in [0.29, 0.717) is 18.8 Å². The molecule has 29 heavy (non-hydrogen) atoms. The molecule has 10 heteroatoms. The van der Waals surface area contributed by atoms with Gasteiger partial charge in [0.25, 0.3) is 0 Å². The lowest BCUT2D eigenvalue weighted by Crippen LogP contribution is -2.61. The maximum absolute atomic E-state index is 13.4. The fourth-order valence-electron chi connectivity index (χ4n) is 4.61. The van der Waals surface area contributed by atoms with Crippen molar-refractivity contribution in [2.45, 2.75) is 36.0 Å². The van der Waals surface area contributed by atoms with Crippen molar-refractivity contribution in [1.82, 2.24) is 9.97 Å². The molecule has 0 radical (unpaired) electrons. The Kier molecular flexibility index (Phi) is 4.32. The number of alkyl halides is 3. The highest BCUT2D eigenvalue weighted by Gasteiger charge is 2.60. The number of carboxylic acids is 1. The molecule has 2 fully saturated rings. The first kappa shape index (κ1) is 19.6. The molecule has 3 atom stereocenters. The molecule has 1 saturated carbocycles. The first-order valence-electron chi connectivity index (χ1n) is 9.07. The standard InChI is InChI=1S/C19H20F3N5O2/c20-19(21,22)14-4-2-1-3-13(14)11-5-17(23)9-27(10-18(17,24)6-11)16-25-7-12(8-26-16)15(28)29/h1-4,7-8,11H,5-6,9-10,23-24H2,(H,28,29)/t11?,17-,18+. The lowest BCUT2D eigenvalue weighted by molar-refractivity contribution is -0.138. The van der Waals surface area contributed by atoms with Crippen LogP contribution in [0.15, 0.2) is 36.7 Å². The molecule has 0 bridgehead atoms. The maximum atomic E-state index is 13.4. The van der Waals surface area contributed by atoms with E-state index in [-0.39, 0.29) is 24.2 Å². The largest absolute Gasteiger partial charge is 0.478 e. The van der Waals surface area contributed by atoms with Gasteiger partial charge in [-0.15, -0.1) is 0 Å². The lowest BCUT2D eigenvalue weighted by atomic mass is 9.85. The van der Waals surface area contributed by atoms with Crippen LogP contribution in [0.25, 0.3) is 0 Å². The highest BCUT2D eigenvalue weighted by Crippen LogP contribution is 2.51. The van der Waals surface area contributed by atoms with Gasteiger partial charge < -0.3 is 21.5 Å². The summed E-state index contributed by atoms with van der Waals surface area (Å²) in [5, 5.41) is 8.96. The number of nitrogens with zero attached hydrogens (tertiary/aromatic N) is 3. The number of carboxylic acid groups (broad SMARTS) is 1. The number of nitrogens with two attached hydrogens (primary N) is 2. The van der Waals surface area contributed by atoms with Gasteiger partial charge in [0.05, 0.1) is 22.2 Å². The first-order valence-corrected chi connectivity index (χ1v) is 9.07. The molecular weight excluding hydrogens is 387 g/mol. The van der Waals surface area contributed by atoms with E-state index in [1.54, 1.807) is 11.0 Å². The molecule has 5 N–H and O–H groups in total. The molecular formula is C19H20F3N5O2. The quantitative estimate of drug-likeness (QED) is 0.712. The number of benzene rings is 1. The molecule has 0 spiro atoms. The minimum Gasteiger partial charge on any atom is -0.478 e. The molecule has 1 aliphatic heterocycles. The van der Waals surface area contributed by atoms with Crippen LogP contribution in [0.5, 0.6) is 0 Å². The van der Waals surface area contributed by atoms with Crippen LogP contribution >= 0.6 is 0 Å². The number of hydrogen-bond acceptors (Lipinski definition) is 6. The predicted molar refractivity (Wildman–Crippen MR) is 98.5 cm³/mol. The van der Waals surface area contributed by atoms with Gasteiger partial charge in [-0.05, 0) is 30.4 Å². The summed E-state index contributed by atoms with van der Waals surface area (Å²) in [6.45, 7) is 0.557. The molecule has 0 amide bonds. The highest BCUT2D eigenvalue weighted by molar-refractivity contribution is 5.86. The fraction of sp³-hybridized carbons (Fsp3) is 0.421. The zero-order valence-corrected chi connectivity index (χ0v) is 15.4. The number of rotatable bonds is 3. The van der Waals surface area contributed by atoms with Crippen LogP contribution in [0.3, 0.4) is 0 Å². The van der Waals surface area contributed by atoms with Crippen LogP contribution in [0, 0.1) is 0 Å². The Morgan fingerprint density at radius 2 is 1.66 bits per heavy atom. The van der Waals surface area contributed by atoms with Crippen LogP contribution in [0.2, 0.25) is 0 Å². The van der Waals surface area contributed by atoms with Crippen molar-refractivity contribution in [2.24, 2.45) is 11.5 Å². The van der Waals surface area contributed by atoms with E-state index in [2.05, 4.69) is 9.97 Å². The Morgan fingerprint density at radius 1 is 1.10 bits per heavy atom. The zero-order valence-electron chi connectivity index (χ0n) is 15.4. The molecule has 1 aliphatic carbocycles. The summed E-state index contributed by atoms with van der Waals surface area (Å²) < 4.78 is 40.3. The van der Waals surface area contributed by atoms with Crippen molar-refractivity contribution >= 4 is 11.9 Å². The lowest BCUT2D eigenvalue weighted by Gasteiger charge is -2.31. The number of carbonyl (C=O) groups is 1. The second-order valence-electron chi connectivity index (χ2n) is 7.94. The van der Waals surface area contributed by atoms with E-state index in [4.69, 9.17) is 16.6 Å². The summed E-state index contributed by atoms with van der Waals surface area (Å²) in [4.78, 5) is 20.9. The topological polar surface area (TPSA) is 118 Å². The van der Waals surface area contributed by atoms with Gasteiger partial charge in [0, 0.05) is 25.5 Å². The summed E-state index contributed by atoms with van der Waals surface area (Å²) in [6, 6.07) is 5.54. The number of halogens is 3. The monoisotopic (exact) mass is 407 g/mol. The van der Waals surface area contributed by atoms with Gasteiger partial charge >= 0.3 is 12.1 Å². The molecule has 7 nitrogen and oxygen atoms in total. The third-order valence-corrected chi connectivity index (χ3v) is 6.03. The molecule has 2 heterocycles. The number of aromatic nitrogens is 2. The summed E-state index contributed by atoms with van der Waals surface area (Å²) >= 11 is 0. The minimum atomic E-state index is -4.44. The average molecular weight is 407 g/mol. The summed E-state index contributed by atoms with van der Waals surface area (Å²) in [5.74, 6) is -1.24. The van der Waals surface area contributed by atoms with Gasteiger partial charge in [-0.3, -0.25) is 0 Å². The number of fused-ring (bicyclic) bond motifs is 1. The van der Waals surface area contributed by atoms with Gasteiger partial charge in [-0.1, -0.05) is 18.2 Å². The van der Waals surface area contributed by atoms with Crippen LogP contribution < -0.4 is 16.4 Å². The minimum absolute atomic E-state index is 0.0399. The Labute approximate surface area is 164 Å². The smallest absolute Gasteiger partial charge is 0.416 e. The number of hydrogen-bond donors (Lipinski definition) is 3. The molecule has 1 aromatic carbocycles. The SMILES string of the molecule is N[C@@]12CC(c3ccccc3C(F)(F)F)C[C@]1(N)CN(c1ncc(C(=O)O)cn1)C2. The maximum Gasteiger partial charge on any atom is 0.416 e. The Morgan fingerprint density at radius 3 is 2.17 bits per heavy atom. The molecule has 1 unspecified atom stereocenters. The van der Waals surface area contributed by atoms with Crippen molar-refractivity contribution in [1.29, 1.82) is 0 Å². The summed E-state index contributed by atoms with van der Waals surface area (Å²) in [6.07, 6.45) is -1.43. The Hall–Kier alpha value is -2.72.